The molecule has 0 radical (unpaired) electrons. The molecule has 0 saturated carbocycles. The lowest BCUT2D eigenvalue weighted by Gasteiger charge is -2.17. The molecule has 23 heavy (non-hydrogen) atoms. The Labute approximate surface area is 140 Å². The van der Waals surface area contributed by atoms with Crippen LogP contribution >= 0.6 is 11.6 Å². The molecule has 3 rings (SSSR count). The smallest absolute Gasteiger partial charge is 0.224 e. The fourth-order valence-electron chi connectivity index (χ4n) is 2.84. The number of hydrogen-bond acceptors (Lipinski definition) is 1. The third-order valence-electron chi connectivity index (χ3n) is 4.02. The molecule has 2 N–H and O–H groups in total. The molecule has 1 aromatic heterocycles. The standard InChI is InChI=1S/C19H19ClN2O/c1-2-17(13-6-5-7-15(20)10-13)22-19(23)11-14-12-21-18-9-4-3-8-16(14)18/h3-10,12,17,21H,2,11H2,1H3,(H,22,23). The van der Waals surface area contributed by atoms with Crippen molar-refractivity contribution in [2.45, 2.75) is 25.8 Å². The van der Waals surface area contributed by atoms with Crippen LogP contribution in [0.1, 0.15) is 30.5 Å². The highest BCUT2D eigenvalue weighted by atomic mass is 35.5. The molecule has 4 heteroatoms. The predicted molar refractivity (Wildman–Crippen MR) is 94.6 cm³/mol. The Morgan fingerprint density at radius 3 is 2.83 bits per heavy atom. The zero-order valence-electron chi connectivity index (χ0n) is 13.0. The number of hydrogen-bond donors (Lipinski definition) is 2. The molecule has 118 valence electrons. The molecule has 3 nitrogen and oxygen atoms in total. The van der Waals surface area contributed by atoms with Crippen LogP contribution in [-0.2, 0) is 11.2 Å². The van der Waals surface area contributed by atoms with Crippen molar-refractivity contribution in [2.75, 3.05) is 0 Å². The third-order valence-corrected chi connectivity index (χ3v) is 4.26. The summed E-state index contributed by atoms with van der Waals surface area (Å²) in [5.41, 5.74) is 3.10. The second-order valence-corrected chi connectivity index (χ2v) is 6.06. The first-order valence-corrected chi connectivity index (χ1v) is 8.15. The van der Waals surface area contributed by atoms with E-state index in [9.17, 15) is 4.79 Å². The second-order valence-electron chi connectivity index (χ2n) is 5.62. The van der Waals surface area contributed by atoms with E-state index in [2.05, 4.69) is 17.2 Å². The van der Waals surface area contributed by atoms with Crippen molar-refractivity contribution in [3.63, 3.8) is 0 Å². The SMILES string of the molecule is CCC(NC(=O)Cc1c[nH]c2ccccc12)c1cccc(Cl)c1. The van der Waals surface area contributed by atoms with Gasteiger partial charge in [-0.25, -0.2) is 0 Å². The number of para-hydroxylation sites is 1. The Morgan fingerprint density at radius 2 is 2.04 bits per heavy atom. The normalized spacial score (nSPS) is 12.3. The predicted octanol–water partition coefficient (Wildman–Crippen LogP) is 4.63. The van der Waals surface area contributed by atoms with Gasteiger partial charge in [0.1, 0.15) is 0 Å². The Hall–Kier alpha value is -2.26. The fourth-order valence-corrected chi connectivity index (χ4v) is 3.04. The Balaban J connectivity index is 1.73. The van der Waals surface area contributed by atoms with E-state index in [4.69, 9.17) is 11.6 Å². The summed E-state index contributed by atoms with van der Waals surface area (Å²) in [6, 6.07) is 15.6. The van der Waals surface area contributed by atoms with Crippen LogP contribution in [0.2, 0.25) is 5.02 Å². The topological polar surface area (TPSA) is 44.9 Å². The first kappa shape index (κ1) is 15.6. The summed E-state index contributed by atoms with van der Waals surface area (Å²) in [6.07, 6.45) is 3.09. The quantitative estimate of drug-likeness (QED) is 0.705. The number of halogens is 1. The van der Waals surface area contributed by atoms with E-state index in [-0.39, 0.29) is 11.9 Å². The van der Waals surface area contributed by atoms with E-state index in [1.165, 1.54) is 0 Å². The van der Waals surface area contributed by atoms with Crippen molar-refractivity contribution in [3.8, 4) is 0 Å². The van der Waals surface area contributed by atoms with Crippen LogP contribution in [0.15, 0.2) is 54.7 Å². The van der Waals surface area contributed by atoms with Gasteiger partial charge in [0.15, 0.2) is 0 Å². The van der Waals surface area contributed by atoms with Crippen molar-refractivity contribution in [3.05, 3.63) is 70.9 Å². The van der Waals surface area contributed by atoms with Gasteiger partial charge in [-0.3, -0.25) is 4.79 Å². The molecule has 3 aromatic rings. The van der Waals surface area contributed by atoms with Gasteiger partial charge in [0.05, 0.1) is 12.5 Å². The number of aromatic amines is 1. The number of carbonyl (C=O) groups is 1. The van der Waals surface area contributed by atoms with Crippen LogP contribution in [0.5, 0.6) is 0 Å². The number of benzene rings is 2. The van der Waals surface area contributed by atoms with Crippen molar-refractivity contribution in [2.24, 2.45) is 0 Å². The van der Waals surface area contributed by atoms with Gasteiger partial charge in [0.2, 0.25) is 5.91 Å². The minimum atomic E-state index is -0.0218. The molecule has 0 aliphatic heterocycles. The first-order chi connectivity index (χ1) is 11.2. The Morgan fingerprint density at radius 1 is 1.22 bits per heavy atom. The minimum absolute atomic E-state index is 0.0154. The zero-order chi connectivity index (χ0) is 16.2. The molecule has 0 saturated heterocycles. The maximum atomic E-state index is 12.4. The second kappa shape index (κ2) is 6.88. The van der Waals surface area contributed by atoms with Gasteiger partial charge in [0.25, 0.3) is 0 Å². The van der Waals surface area contributed by atoms with Gasteiger partial charge >= 0.3 is 0 Å². The summed E-state index contributed by atoms with van der Waals surface area (Å²) in [6.45, 7) is 2.05. The molecular formula is C19H19ClN2O. The monoisotopic (exact) mass is 326 g/mol. The van der Waals surface area contributed by atoms with Crippen molar-refractivity contribution in [1.82, 2.24) is 10.3 Å². The van der Waals surface area contributed by atoms with Crippen LogP contribution in [0.3, 0.4) is 0 Å². The minimum Gasteiger partial charge on any atom is -0.361 e. The number of amides is 1. The molecule has 2 aromatic carbocycles. The summed E-state index contributed by atoms with van der Waals surface area (Å²) >= 11 is 6.05. The van der Waals surface area contributed by atoms with Gasteiger partial charge in [-0.05, 0) is 35.7 Å². The molecule has 1 heterocycles. The summed E-state index contributed by atoms with van der Waals surface area (Å²) in [7, 11) is 0. The highest BCUT2D eigenvalue weighted by molar-refractivity contribution is 6.30. The van der Waals surface area contributed by atoms with Crippen molar-refractivity contribution in [1.29, 1.82) is 0 Å². The van der Waals surface area contributed by atoms with E-state index in [1.807, 2.05) is 54.7 Å². The van der Waals surface area contributed by atoms with Crippen molar-refractivity contribution < 1.29 is 4.79 Å². The van der Waals surface area contributed by atoms with Crippen LogP contribution < -0.4 is 5.32 Å². The highest BCUT2D eigenvalue weighted by Crippen LogP contribution is 2.22. The lowest BCUT2D eigenvalue weighted by Crippen LogP contribution is -2.29. The first-order valence-electron chi connectivity index (χ1n) is 7.77. The molecule has 0 spiro atoms. The molecule has 1 amide bonds. The lowest BCUT2D eigenvalue weighted by atomic mass is 10.0. The lowest BCUT2D eigenvalue weighted by molar-refractivity contribution is -0.121. The maximum Gasteiger partial charge on any atom is 0.224 e. The van der Waals surface area contributed by atoms with E-state index in [0.717, 1.165) is 28.5 Å². The molecule has 0 aliphatic rings. The molecular weight excluding hydrogens is 308 g/mol. The summed E-state index contributed by atoms with van der Waals surface area (Å²) in [5, 5.41) is 4.88. The van der Waals surface area contributed by atoms with Gasteiger partial charge in [-0.1, -0.05) is 48.9 Å². The molecule has 0 bridgehead atoms. The number of H-pyrrole nitrogens is 1. The van der Waals surface area contributed by atoms with Crippen LogP contribution in [0, 0.1) is 0 Å². The van der Waals surface area contributed by atoms with Gasteiger partial charge in [0, 0.05) is 22.1 Å². The average Bonchev–Trinajstić information content (AvgIpc) is 2.96. The number of rotatable bonds is 5. The van der Waals surface area contributed by atoms with E-state index >= 15 is 0 Å². The van der Waals surface area contributed by atoms with Crippen molar-refractivity contribution >= 4 is 28.4 Å². The highest BCUT2D eigenvalue weighted by Gasteiger charge is 2.14. The number of nitrogens with one attached hydrogen (secondary N) is 2. The number of fused-ring (bicyclic) bond motifs is 1. The van der Waals surface area contributed by atoms with Crippen LogP contribution in [0.4, 0.5) is 0 Å². The summed E-state index contributed by atoms with van der Waals surface area (Å²) < 4.78 is 0. The Kier molecular flexibility index (Phi) is 4.68. The molecule has 0 aliphatic carbocycles. The summed E-state index contributed by atoms with van der Waals surface area (Å²) in [5.74, 6) is 0.0154. The largest absolute Gasteiger partial charge is 0.361 e. The molecule has 1 atom stereocenters. The zero-order valence-corrected chi connectivity index (χ0v) is 13.7. The van der Waals surface area contributed by atoms with Crippen LogP contribution in [0.25, 0.3) is 10.9 Å². The van der Waals surface area contributed by atoms with E-state index in [1.54, 1.807) is 0 Å². The van der Waals surface area contributed by atoms with Crippen LogP contribution in [-0.4, -0.2) is 10.9 Å². The molecule has 1 unspecified atom stereocenters. The van der Waals surface area contributed by atoms with Gasteiger partial charge in [-0.2, -0.15) is 0 Å². The fraction of sp³-hybridized carbons (Fsp3) is 0.211. The summed E-state index contributed by atoms with van der Waals surface area (Å²) in [4.78, 5) is 15.6. The maximum absolute atomic E-state index is 12.4. The number of carbonyl (C=O) groups excluding carboxylic acids is 1. The Bertz CT molecular complexity index is 825. The molecule has 0 fully saturated rings. The van der Waals surface area contributed by atoms with Gasteiger partial charge in [-0.15, -0.1) is 0 Å². The van der Waals surface area contributed by atoms with E-state index < -0.39 is 0 Å². The van der Waals surface area contributed by atoms with Gasteiger partial charge < -0.3 is 10.3 Å². The number of aromatic nitrogens is 1. The van der Waals surface area contributed by atoms with E-state index in [0.29, 0.717) is 11.4 Å². The third kappa shape index (κ3) is 3.57. The average molecular weight is 327 g/mol.